The first-order valence-corrected chi connectivity index (χ1v) is 11.0. The van der Waals surface area contributed by atoms with Gasteiger partial charge in [0.05, 0.1) is 11.7 Å². The number of benzene rings is 4. The SMILES string of the molecule is CC(C)Oc1ccc2ccccc2c1C1Nc2ccccc2C(=O)N1Cc1ccccc1. The van der Waals surface area contributed by atoms with Crippen LogP contribution in [0.15, 0.2) is 91.0 Å². The first-order chi connectivity index (χ1) is 15.6. The van der Waals surface area contributed by atoms with Gasteiger partial charge in [0.25, 0.3) is 5.91 Å². The van der Waals surface area contributed by atoms with Crippen LogP contribution in [-0.4, -0.2) is 16.9 Å². The maximum absolute atomic E-state index is 13.7. The number of fused-ring (bicyclic) bond motifs is 2. The second kappa shape index (κ2) is 8.39. The molecule has 0 radical (unpaired) electrons. The van der Waals surface area contributed by atoms with Gasteiger partial charge in [-0.1, -0.05) is 72.8 Å². The molecule has 1 atom stereocenters. The molecule has 0 bridgehead atoms. The molecule has 0 aromatic heterocycles. The summed E-state index contributed by atoms with van der Waals surface area (Å²) in [4.78, 5) is 15.6. The van der Waals surface area contributed by atoms with Crippen LogP contribution in [0.1, 0.15) is 41.5 Å². The standard InChI is InChI=1S/C28H26N2O2/c1-19(2)32-25-17-16-21-12-6-7-13-22(21)26(25)27-29-24-15-9-8-14-23(24)28(31)30(27)18-20-10-4-3-5-11-20/h3-17,19,27,29H,18H2,1-2H3. The van der Waals surface area contributed by atoms with Crippen molar-refractivity contribution in [2.75, 3.05) is 5.32 Å². The summed E-state index contributed by atoms with van der Waals surface area (Å²) in [7, 11) is 0. The van der Waals surface area contributed by atoms with Gasteiger partial charge in [-0.05, 0) is 48.4 Å². The highest BCUT2D eigenvalue weighted by molar-refractivity contribution is 6.02. The Kier molecular flexibility index (Phi) is 5.28. The van der Waals surface area contributed by atoms with E-state index in [1.807, 2.05) is 79.4 Å². The highest BCUT2D eigenvalue weighted by Gasteiger charge is 2.35. The normalized spacial score (nSPS) is 15.5. The lowest BCUT2D eigenvalue weighted by atomic mass is 9.96. The van der Waals surface area contributed by atoms with Crippen molar-refractivity contribution in [3.8, 4) is 5.75 Å². The number of rotatable bonds is 5. The van der Waals surface area contributed by atoms with Gasteiger partial charge in [0, 0.05) is 17.8 Å². The smallest absolute Gasteiger partial charge is 0.258 e. The zero-order chi connectivity index (χ0) is 22.1. The number of nitrogens with one attached hydrogen (secondary N) is 1. The highest BCUT2D eigenvalue weighted by atomic mass is 16.5. The highest BCUT2D eigenvalue weighted by Crippen LogP contribution is 2.41. The largest absolute Gasteiger partial charge is 0.491 e. The molecule has 0 aliphatic carbocycles. The van der Waals surface area contributed by atoms with Crippen LogP contribution < -0.4 is 10.1 Å². The fourth-order valence-electron chi connectivity index (χ4n) is 4.38. The molecule has 4 nitrogen and oxygen atoms in total. The van der Waals surface area contributed by atoms with Gasteiger partial charge in [-0.2, -0.15) is 0 Å². The van der Waals surface area contributed by atoms with Crippen molar-refractivity contribution >= 4 is 22.4 Å². The van der Waals surface area contributed by atoms with E-state index in [0.717, 1.165) is 33.3 Å². The minimum Gasteiger partial charge on any atom is -0.491 e. The average molecular weight is 423 g/mol. The van der Waals surface area contributed by atoms with Crippen LogP contribution in [0.5, 0.6) is 5.75 Å². The number of nitrogens with zero attached hydrogens (tertiary/aromatic N) is 1. The van der Waals surface area contributed by atoms with Gasteiger partial charge in [0.2, 0.25) is 0 Å². The summed E-state index contributed by atoms with van der Waals surface area (Å²) in [5, 5.41) is 5.84. The molecular formula is C28H26N2O2. The zero-order valence-electron chi connectivity index (χ0n) is 18.3. The molecule has 32 heavy (non-hydrogen) atoms. The van der Waals surface area contributed by atoms with E-state index in [4.69, 9.17) is 4.74 Å². The van der Waals surface area contributed by atoms with E-state index in [9.17, 15) is 4.79 Å². The first kappa shape index (κ1) is 20.1. The van der Waals surface area contributed by atoms with Crippen molar-refractivity contribution in [1.82, 2.24) is 4.90 Å². The second-order valence-electron chi connectivity index (χ2n) is 8.38. The molecule has 160 valence electrons. The average Bonchev–Trinajstić information content (AvgIpc) is 2.81. The minimum atomic E-state index is -0.363. The molecule has 0 saturated heterocycles. The Hall–Kier alpha value is -3.79. The number of amides is 1. The van der Waals surface area contributed by atoms with Crippen LogP contribution in [0.25, 0.3) is 10.8 Å². The predicted molar refractivity (Wildman–Crippen MR) is 129 cm³/mol. The Morgan fingerprint density at radius 3 is 2.41 bits per heavy atom. The molecule has 4 aromatic carbocycles. The molecule has 0 fully saturated rings. The predicted octanol–water partition coefficient (Wildman–Crippen LogP) is 6.39. The molecule has 0 spiro atoms. The van der Waals surface area contributed by atoms with E-state index in [1.165, 1.54) is 0 Å². The molecule has 4 aromatic rings. The molecule has 5 rings (SSSR count). The Bertz CT molecular complexity index is 1270. The Balaban J connectivity index is 1.70. The second-order valence-corrected chi connectivity index (χ2v) is 8.38. The van der Waals surface area contributed by atoms with Gasteiger partial charge in [-0.15, -0.1) is 0 Å². The lowest BCUT2D eigenvalue weighted by Gasteiger charge is -2.39. The number of hydrogen-bond donors (Lipinski definition) is 1. The van der Waals surface area contributed by atoms with Crippen LogP contribution >= 0.6 is 0 Å². The fraction of sp³-hybridized carbons (Fsp3) is 0.179. The molecule has 1 aliphatic rings. The number of para-hydroxylation sites is 1. The third-order valence-corrected chi connectivity index (χ3v) is 5.78. The van der Waals surface area contributed by atoms with Crippen molar-refractivity contribution in [2.45, 2.75) is 32.7 Å². The number of ether oxygens (including phenoxy) is 1. The third-order valence-electron chi connectivity index (χ3n) is 5.78. The van der Waals surface area contributed by atoms with Crippen molar-refractivity contribution in [3.05, 3.63) is 108 Å². The summed E-state index contributed by atoms with van der Waals surface area (Å²) < 4.78 is 6.25. The third kappa shape index (κ3) is 3.69. The van der Waals surface area contributed by atoms with Crippen LogP contribution in [0, 0.1) is 0 Å². The molecule has 0 saturated carbocycles. The van der Waals surface area contributed by atoms with Crippen LogP contribution in [0.4, 0.5) is 5.69 Å². The first-order valence-electron chi connectivity index (χ1n) is 11.0. The lowest BCUT2D eigenvalue weighted by Crippen LogP contribution is -2.42. The molecule has 1 heterocycles. The van der Waals surface area contributed by atoms with E-state index in [0.29, 0.717) is 12.1 Å². The molecule has 1 aliphatic heterocycles. The number of hydrogen-bond acceptors (Lipinski definition) is 3. The maximum Gasteiger partial charge on any atom is 0.258 e. The molecule has 1 N–H and O–H groups in total. The van der Waals surface area contributed by atoms with Gasteiger partial charge >= 0.3 is 0 Å². The van der Waals surface area contributed by atoms with Crippen molar-refractivity contribution in [1.29, 1.82) is 0 Å². The van der Waals surface area contributed by atoms with Gasteiger partial charge < -0.3 is 15.0 Å². The molecule has 1 unspecified atom stereocenters. The summed E-state index contributed by atoms with van der Waals surface area (Å²) in [6.07, 6.45) is -0.346. The fourth-order valence-corrected chi connectivity index (χ4v) is 4.38. The quantitative estimate of drug-likeness (QED) is 0.405. The van der Waals surface area contributed by atoms with E-state index < -0.39 is 0 Å². The Morgan fingerprint density at radius 1 is 0.875 bits per heavy atom. The van der Waals surface area contributed by atoms with Crippen molar-refractivity contribution < 1.29 is 9.53 Å². The molecule has 4 heteroatoms. The Morgan fingerprint density at radius 2 is 1.59 bits per heavy atom. The van der Waals surface area contributed by atoms with Crippen molar-refractivity contribution in [2.24, 2.45) is 0 Å². The molecular weight excluding hydrogens is 396 g/mol. The summed E-state index contributed by atoms with van der Waals surface area (Å²) in [6, 6.07) is 30.2. The molecule has 1 amide bonds. The number of anilines is 1. The summed E-state index contributed by atoms with van der Waals surface area (Å²) >= 11 is 0. The van der Waals surface area contributed by atoms with E-state index in [-0.39, 0.29) is 18.2 Å². The van der Waals surface area contributed by atoms with E-state index in [1.54, 1.807) is 0 Å². The monoisotopic (exact) mass is 422 g/mol. The van der Waals surface area contributed by atoms with Crippen LogP contribution in [-0.2, 0) is 6.54 Å². The van der Waals surface area contributed by atoms with E-state index >= 15 is 0 Å². The van der Waals surface area contributed by atoms with Gasteiger partial charge in [0.1, 0.15) is 11.9 Å². The van der Waals surface area contributed by atoms with Crippen molar-refractivity contribution in [3.63, 3.8) is 0 Å². The number of carbonyl (C=O) groups is 1. The summed E-state index contributed by atoms with van der Waals surface area (Å²) in [6.45, 7) is 4.54. The summed E-state index contributed by atoms with van der Waals surface area (Å²) in [5.74, 6) is 0.804. The lowest BCUT2D eigenvalue weighted by molar-refractivity contribution is 0.0664. The van der Waals surface area contributed by atoms with Crippen LogP contribution in [0.3, 0.4) is 0 Å². The van der Waals surface area contributed by atoms with Crippen LogP contribution in [0.2, 0.25) is 0 Å². The zero-order valence-corrected chi connectivity index (χ0v) is 18.3. The van der Waals surface area contributed by atoms with Gasteiger partial charge in [-0.25, -0.2) is 0 Å². The Labute approximate surface area is 188 Å². The summed E-state index contributed by atoms with van der Waals surface area (Å²) in [5.41, 5.74) is 3.59. The van der Waals surface area contributed by atoms with Gasteiger partial charge in [0.15, 0.2) is 0 Å². The number of carbonyl (C=O) groups excluding carboxylic acids is 1. The van der Waals surface area contributed by atoms with E-state index in [2.05, 4.69) is 35.6 Å². The van der Waals surface area contributed by atoms with Gasteiger partial charge in [-0.3, -0.25) is 4.79 Å². The topological polar surface area (TPSA) is 41.6 Å². The maximum atomic E-state index is 13.7. The minimum absolute atomic E-state index is 0.0108.